The number of nitrogens with one attached hydrogen (secondary N) is 2. The summed E-state index contributed by atoms with van der Waals surface area (Å²) in [7, 11) is 3.90. The highest BCUT2D eigenvalue weighted by Crippen LogP contribution is 2.10. The highest BCUT2D eigenvalue weighted by Gasteiger charge is 2.17. The van der Waals surface area contributed by atoms with Crippen LogP contribution in [-0.2, 0) is 11.2 Å². The Morgan fingerprint density at radius 3 is 2.96 bits per heavy atom. The minimum Gasteiger partial charge on any atom is -0.374 e. The molecule has 0 aromatic heterocycles. The van der Waals surface area contributed by atoms with E-state index < -0.39 is 0 Å². The Bertz CT molecular complexity index is 501. The lowest BCUT2D eigenvalue weighted by Gasteiger charge is -2.30. The number of ether oxygens (including phenoxy) is 1. The first-order valence-corrected chi connectivity index (χ1v) is 8.04. The predicted molar refractivity (Wildman–Crippen MR) is 107 cm³/mol. The number of hydrogen-bond acceptors (Lipinski definition) is 3. The van der Waals surface area contributed by atoms with Crippen LogP contribution in [-0.4, -0.2) is 63.8 Å². The number of nitrogens with zero attached hydrogens (tertiary/aromatic N) is 2. The van der Waals surface area contributed by atoms with Gasteiger partial charge in [0.15, 0.2) is 5.96 Å². The average Bonchev–Trinajstić information content (AvgIpc) is 2.51. The van der Waals surface area contributed by atoms with Gasteiger partial charge < -0.3 is 20.3 Å². The first-order chi connectivity index (χ1) is 10.7. The standard InChI is InChI=1S/C16H25ClN4O.HI/c1-18-16(20-11-15-12-21(2)8-9-22-15)19-7-6-13-4-3-5-14(17)10-13;/h3-5,10,15H,6-9,11-12H2,1-2H3,(H2,18,19,20);1H. The van der Waals surface area contributed by atoms with Crippen LogP contribution in [0.25, 0.3) is 0 Å². The number of morpholine rings is 1. The Hall–Kier alpha value is -0.570. The maximum Gasteiger partial charge on any atom is 0.191 e. The monoisotopic (exact) mass is 452 g/mol. The molecule has 1 aliphatic heterocycles. The van der Waals surface area contributed by atoms with Crippen molar-refractivity contribution in [3.63, 3.8) is 0 Å². The molecule has 0 amide bonds. The molecule has 5 nitrogen and oxygen atoms in total. The number of likely N-dealkylation sites (N-methyl/N-ethyl adjacent to an activating group) is 1. The van der Waals surface area contributed by atoms with Gasteiger partial charge in [0.2, 0.25) is 0 Å². The zero-order chi connectivity index (χ0) is 15.8. The SMILES string of the molecule is CN=C(NCCc1cccc(Cl)c1)NCC1CN(C)CCO1.I. The molecule has 1 aromatic carbocycles. The summed E-state index contributed by atoms with van der Waals surface area (Å²) >= 11 is 5.99. The molecule has 1 heterocycles. The number of aliphatic imine (C=N–C) groups is 1. The second-order valence-electron chi connectivity index (χ2n) is 5.51. The Kier molecular flexibility index (Phi) is 9.85. The van der Waals surface area contributed by atoms with Gasteiger partial charge in [0.05, 0.1) is 12.7 Å². The lowest BCUT2D eigenvalue weighted by atomic mass is 10.1. The number of halogens is 2. The number of guanidine groups is 1. The summed E-state index contributed by atoms with van der Waals surface area (Å²) in [4.78, 5) is 6.52. The largest absolute Gasteiger partial charge is 0.374 e. The van der Waals surface area contributed by atoms with Crippen molar-refractivity contribution in [2.45, 2.75) is 12.5 Å². The van der Waals surface area contributed by atoms with Gasteiger partial charge in [-0.05, 0) is 31.2 Å². The third-order valence-corrected chi connectivity index (χ3v) is 3.89. The number of hydrogen-bond donors (Lipinski definition) is 2. The molecule has 0 radical (unpaired) electrons. The van der Waals surface area contributed by atoms with Crippen LogP contribution in [0.1, 0.15) is 5.56 Å². The van der Waals surface area contributed by atoms with Gasteiger partial charge >= 0.3 is 0 Å². The molecule has 7 heteroatoms. The van der Waals surface area contributed by atoms with Crippen LogP contribution in [0.2, 0.25) is 5.02 Å². The zero-order valence-corrected chi connectivity index (χ0v) is 16.8. The fraction of sp³-hybridized carbons (Fsp3) is 0.562. The van der Waals surface area contributed by atoms with Gasteiger partial charge in [-0.3, -0.25) is 4.99 Å². The number of rotatable bonds is 5. The van der Waals surface area contributed by atoms with Crippen LogP contribution >= 0.6 is 35.6 Å². The van der Waals surface area contributed by atoms with Crippen LogP contribution in [0.3, 0.4) is 0 Å². The Morgan fingerprint density at radius 2 is 2.26 bits per heavy atom. The van der Waals surface area contributed by atoms with Crippen LogP contribution in [0, 0.1) is 0 Å². The zero-order valence-electron chi connectivity index (χ0n) is 13.7. The van der Waals surface area contributed by atoms with Crippen LogP contribution < -0.4 is 10.6 Å². The smallest absolute Gasteiger partial charge is 0.191 e. The van der Waals surface area contributed by atoms with E-state index >= 15 is 0 Å². The first kappa shape index (κ1) is 20.5. The van der Waals surface area contributed by atoms with Crippen LogP contribution in [0.4, 0.5) is 0 Å². The molecule has 1 fully saturated rings. The first-order valence-electron chi connectivity index (χ1n) is 7.66. The van der Waals surface area contributed by atoms with Crippen molar-refractivity contribution in [3.05, 3.63) is 34.9 Å². The molecule has 0 bridgehead atoms. The van der Waals surface area contributed by atoms with Crippen molar-refractivity contribution in [3.8, 4) is 0 Å². The Balaban J connectivity index is 0.00000264. The van der Waals surface area contributed by atoms with Crippen molar-refractivity contribution in [1.29, 1.82) is 0 Å². The van der Waals surface area contributed by atoms with E-state index in [1.807, 2.05) is 18.2 Å². The third kappa shape index (κ3) is 7.69. The number of benzene rings is 1. The molecule has 2 rings (SSSR count). The van der Waals surface area contributed by atoms with Crippen molar-refractivity contribution in [2.24, 2.45) is 4.99 Å². The van der Waals surface area contributed by atoms with E-state index in [9.17, 15) is 0 Å². The molecular weight excluding hydrogens is 427 g/mol. The normalized spacial score (nSPS) is 19.1. The molecule has 1 atom stereocenters. The summed E-state index contributed by atoms with van der Waals surface area (Å²) in [5, 5.41) is 7.41. The molecule has 1 aromatic rings. The summed E-state index contributed by atoms with van der Waals surface area (Å²) in [6.07, 6.45) is 1.12. The van der Waals surface area contributed by atoms with E-state index in [0.29, 0.717) is 0 Å². The summed E-state index contributed by atoms with van der Waals surface area (Å²) in [6, 6.07) is 7.93. The molecule has 23 heavy (non-hydrogen) atoms. The molecule has 1 aliphatic rings. The summed E-state index contributed by atoms with van der Waals surface area (Å²) in [5.41, 5.74) is 1.22. The molecule has 1 unspecified atom stereocenters. The summed E-state index contributed by atoms with van der Waals surface area (Å²) < 4.78 is 5.73. The van der Waals surface area contributed by atoms with Crippen molar-refractivity contribution < 1.29 is 4.74 Å². The molecule has 0 saturated carbocycles. The minimum absolute atomic E-state index is 0. The van der Waals surface area contributed by atoms with E-state index in [1.54, 1.807) is 7.05 Å². The second-order valence-corrected chi connectivity index (χ2v) is 5.95. The van der Waals surface area contributed by atoms with Gasteiger partial charge in [-0.2, -0.15) is 0 Å². The summed E-state index contributed by atoms with van der Waals surface area (Å²) in [6.45, 7) is 4.33. The van der Waals surface area contributed by atoms with E-state index in [-0.39, 0.29) is 30.1 Å². The van der Waals surface area contributed by atoms with Gasteiger partial charge in [-0.15, -0.1) is 24.0 Å². The Labute approximate surface area is 160 Å². The average molecular weight is 453 g/mol. The highest BCUT2D eigenvalue weighted by atomic mass is 127. The summed E-state index contributed by atoms with van der Waals surface area (Å²) in [5.74, 6) is 0.804. The lowest BCUT2D eigenvalue weighted by Crippen LogP contribution is -2.48. The second kappa shape index (κ2) is 11.1. The van der Waals surface area contributed by atoms with E-state index in [0.717, 1.165) is 50.2 Å². The lowest BCUT2D eigenvalue weighted by molar-refractivity contribution is -0.0161. The van der Waals surface area contributed by atoms with Crippen LogP contribution in [0.15, 0.2) is 29.3 Å². The molecule has 0 spiro atoms. The van der Waals surface area contributed by atoms with Crippen LogP contribution in [0.5, 0.6) is 0 Å². The van der Waals surface area contributed by atoms with E-state index in [4.69, 9.17) is 16.3 Å². The fourth-order valence-corrected chi connectivity index (χ4v) is 2.65. The van der Waals surface area contributed by atoms with Gasteiger partial charge in [-0.25, -0.2) is 0 Å². The van der Waals surface area contributed by atoms with Gasteiger partial charge in [0, 0.05) is 38.2 Å². The molecule has 130 valence electrons. The fourth-order valence-electron chi connectivity index (χ4n) is 2.44. The predicted octanol–water partition coefficient (Wildman–Crippen LogP) is 2.00. The molecule has 1 saturated heterocycles. The van der Waals surface area contributed by atoms with E-state index in [2.05, 4.69) is 33.6 Å². The van der Waals surface area contributed by atoms with Crippen molar-refractivity contribution in [1.82, 2.24) is 15.5 Å². The molecule has 2 N–H and O–H groups in total. The van der Waals surface area contributed by atoms with Gasteiger partial charge in [0.25, 0.3) is 0 Å². The van der Waals surface area contributed by atoms with E-state index in [1.165, 1.54) is 5.56 Å². The topological polar surface area (TPSA) is 48.9 Å². The Morgan fingerprint density at radius 1 is 1.43 bits per heavy atom. The quantitative estimate of drug-likeness (QED) is 0.408. The highest BCUT2D eigenvalue weighted by molar-refractivity contribution is 14.0. The molecular formula is C16H26ClIN4O. The minimum atomic E-state index is 0. The van der Waals surface area contributed by atoms with Crippen molar-refractivity contribution >= 4 is 41.5 Å². The van der Waals surface area contributed by atoms with Gasteiger partial charge in [-0.1, -0.05) is 23.7 Å². The van der Waals surface area contributed by atoms with Crippen molar-refractivity contribution in [2.75, 3.05) is 46.9 Å². The maximum atomic E-state index is 5.99. The third-order valence-electron chi connectivity index (χ3n) is 3.66. The van der Waals surface area contributed by atoms with Gasteiger partial charge in [0.1, 0.15) is 0 Å². The molecule has 0 aliphatic carbocycles. The maximum absolute atomic E-state index is 5.99.